The highest BCUT2D eigenvalue weighted by Gasteiger charge is 2.33. The molecule has 1 saturated carbocycles. The van der Waals surface area contributed by atoms with Crippen molar-refractivity contribution in [3.05, 3.63) is 29.0 Å². The first-order valence-corrected chi connectivity index (χ1v) is 7.22. The predicted molar refractivity (Wildman–Crippen MR) is 78.2 cm³/mol. The molecule has 0 aliphatic heterocycles. The van der Waals surface area contributed by atoms with E-state index in [0.717, 1.165) is 0 Å². The third-order valence-corrected chi connectivity index (χ3v) is 3.30. The molecule has 0 aromatic heterocycles. The Morgan fingerprint density at radius 3 is 2.62 bits per heavy atom. The maximum Gasteiger partial charge on any atom is 0.407 e. The molecule has 1 N–H and O–H groups in total. The van der Waals surface area contributed by atoms with Crippen LogP contribution in [-0.4, -0.2) is 23.8 Å². The molecule has 2 rings (SSSR count). The van der Waals surface area contributed by atoms with Gasteiger partial charge in [0.05, 0.1) is 5.02 Å². The van der Waals surface area contributed by atoms with Gasteiger partial charge in [-0.3, -0.25) is 0 Å². The Balaban J connectivity index is 1.74. The molecule has 1 aliphatic carbocycles. The Labute approximate surface area is 128 Å². The van der Waals surface area contributed by atoms with Crippen molar-refractivity contribution in [3.8, 4) is 5.75 Å². The molecule has 0 radical (unpaired) electrons. The van der Waals surface area contributed by atoms with E-state index >= 15 is 0 Å². The summed E-state index contributed by atoms with van der Waals surface area (Å²) in [6.07, 6.45) is 0.949. The lowest BCUT2D eigenvalue weighted by molar-refractivity contribution is 0.0362. The monoisotopic (exact) mass is 315 g/mol. The van der Waals surface area contributed by atoms with E-state index in [1.54, 1.807) is 0 Å². The minimum atomic E-state index is -0.505. The molecule has 21 heavy (non-hydrogen) atoms. The van der Waals surface area contributed by atoms with Crippen molar-refractivity contribution in [1.29, 1.82) is 0 Å². The zero-order valence-corrected chi connectivity index (χ0v) is 13.0. The van der Waals surface area contributed by atoms with E-state index in [1.165, 1.54) is 18.2 Å². The van der Waals surface area contributed by atoms with Gasteiger partial charge >= 0.3 is 6.09 Å². The number of hydrogen-bond donors (Lipinski definition) is 1. The van der Waals surface area contributed by atoms with E-state index in [9.17, 15) is 9.18 Å². The van der Waals surface area contributed by atoms with Gasteiger partial charge in [0.1, 0.15) is 23.3 Å². The topological polar surface area (TPSA) is 47.6 Å². The molecule has 1 aromatic carbocycles. The summed E-state index contributed by atoms with van der Waals surface area (Å²) in [7, 11) is 0. The molecule has 1 amide bonds. The van der Waals surface area contributed by atoms with Crippen molar-refractivity contribution in [3.63, 3.8) is 0 Å². The first-order valence-electron chi connectivity index (χ1n) is 6.84. The number of alkyl carbamates (subject to hydrolysis) is 1. The number of carbonyl (C=O) groups is 1. The van der Waals surface area contributed by atoms with Gasteiger partial charge in [0.15, 0.2) is 0 Å². The lowest BCUT2D eigenvalue weighted by atomic mass is 9.89. The average molecular weight is 316 g/mol. The van der Waals surface area contributed by atoms with Crippen molar-refractivity contribution < 1.29 is 18.7 Å². The third kappa shape index (κ3) is 4.77. The van der Waals surface area contributed by atoms with Gasteiger partial charge in [0, 0.05) is 24.9 Å². The summed E-state index contributed by atoms with van der Waals surface area (Å²) < 4.78 is 23.9. The first kappa shape index (κ1) is 15.9. The average Bonchev–Trinajstić information content (AvgIpc) is 2.28. The van der Waals surface area contributed by atoms with Crippen molar-refractivity contribution in [2.75, 3.05) is 0 Å². The Hall–Kier alpha value is -1.49. The molecule has 4 nitrogen and oxygen atoms in total. The Morgan fingerprint density at radius 1 is 1.38 bits per heavy atom. The summed E-state index contributed by atoms with van der Waals surface area (Å²) in [5.74, 6) is 0.0595. The van der Waals surface area contributed by atoms with Crippen LogP contribution in [0.25, 0.3) is 0 Å². The van der Waals surface area contributed by atoms with E-state index in [2.05, 4.69) is 5.32 Å². The number of halogens is 2. The molecular formula is C15H19ClFNO3. The number of hydrogen-bond acceptors (Lipinski definition) is 3. The number of carbonyl (C=O) groups excluding carboxylic acids is 1. The van der Waals surface area contributed by atoms with Crippen LogP contribution in [0.3, 0.4) is 0 Å². The highest BCUT2D eigenvalue weighted by molar-refractivity contribution is 6.30. The molecule has 6 heteroatoms. The zero-order valence-electron chi connectivity index (χ0n) is 12.3. The van der Waals surface area contributed by atoms with Crippen LogP contribution in [0.4, 0.5) is 9.18 Å². The lowest BCUT2D eigenvalue weighted by Crippen LogP contribution is -2.50. The van der Waals surface area contributed by atoms with E-state index < -0.39 is 17.5 Å². The van der Waals surface area contributed by atoms with Gasteiger partial charge in [0.25, 0.3) is 0 Å². The predicted octanol–water partition coefficient (Wildman–Crippen LogP) is 3.91. The molecule has 0 saturated heterocycles. The molecule has 116 valence electrons. The number of nitrogens with one attached hydrogen (secondary N) is 1. The highest BCUT2D eigenvalue weighted by atomic mass is 35.5. The standard InChI is InChI=1S/C15H19ClFNO3/c1-15(2,3)21-14(19)18-9-6-11(7-9)20-10-4-5-13(17)12(16)8-10/h4-5,8-9,11H,6-7H2,1-3H3,(H,18,19). The van der Waals surface area contributed by atoms with Crippen LogP contribution < -0.4 is 10.1 Å². The fourth-order valence-corrected chi connectivity index (χ4v) is 2.17. The SMILES string of the molecule is CC(C)(C)OC(=O)NC1CC(Oc2ccc(F)c(Cl)c2)C1. The Morgan fingerprint density at radius 2 is 2.05 bits per heavy atom. The van der Waals surface area contributed by atoms with Crippen molar-refractivity contribution in [1.82, 2.24) is 5.32 Å². The van der Waals surface area contributed by atoms with Gasteiger partial charge in [-0.05, 0) is 32.9 Å². The minimum absolute atomic E-state index is 0.00790. The van der Waals surface area contributed by atoms with Gasteiger partial charge in [-0.2, -0.15) is 0 Å². The van der Waals surface area contributed by atoms with Crippen LogP contribution in [0.15, 0.2) is 18.2 Å². The third-order valence-electron chi connectivity index (χ3n) is 3.01. The second kappa shape index (κ2) is 6.10. The van der Waals surface area contributed by atoms with Crippen molar-refractivity contribution in [2.24, 2.45) is 0 Å². The zero-order chi connectivity index (χ0) is 15.6. The van der Waals surface area contributed by atoms with E-state index in [1.807, 2.05) is 20.8 Å². The molecule has 1 aliphatic rings. The van der Waals surface area contributed by atoms with Gasteiger partial charge in [0.2, 0.25) is 0 Å². The fraction of sp³-hybridized carbons (Fsp3) is 0.533. The summed E-state index contributed by atoms with van der Waals surface area (Å²) in [5.41, 5.74) is -0.505. The molecular weight excluding hydrogens is 297 g/mol. The molecule has 1 fully saturated rings. The number of ether oxygens (including phenoxy) is 2. The molecule has 0 heterocycles. The minimum Gasteiger partial charge on any atom is -0.490 e. The van der Waals surface area contributed by atoms with Crippen LogP contribution in [0.1, 0.15) is 33.6 Å². The second-order valence-electron chi connectivity index (χ2n) is 6.13. The molecule has 0 unspecified atom stereocenters. The van der Waals surface area contributed by atoms with Crippen molar-refractivity contribution >= 4 is 17.7 Å². The van der Waals surface area contributed by atoms with E-state index in [-0.39, 0.29) is 17.2 Å². The summed E-state index contributed by atoms with van der Waals surface area (Å²) in [4.78, 5) is 11.6. The fourth-order valence-electron chi connectivity index (χ4n) is 2.00. The summed E-state index contributed by atoms with van der Waals surface area (Å²) >= 11 is 5.69. The van der Waals surface area contributed by atoms with E-state index in [4.69, 9.17) is 21.1 Å². The summed E-state index contributed by atoms with van der Waals surface area (Å²) in [6.45, 7) is 5.45. The molecule has 0 atom stereocenters. The first-order chi connectivity index (χ1) is 9.73. The Bertz CT molecular complexity index is 524. The smallest absolute Gasteiger partial charge is 0.407 e. The number of amides is 1. The maximum atomic E-state index is 13.0. The summed E-state index contributed by atoms with van der Waals surface area (Å²) in [5, 5.41) is 2.82. The van der Waals surface area contributed by atoms with Crippen LogP contribution in [0.2, 0.25) is 5.02 Å². The van der Waals surface area contributed by atoms with Crippen LogP contribution in [-0.2, 0) is 4.74 Å². The molecule has 0 spiro atoms. The van der Waals surface area contributed by atoms with Gasteiger partial charge in [-0.15, -0.1) is 0 Å². The second-order valence-corrected chi connectivity index (χ2v) is 6.54. The summed E-state index contributed by atoms with van der Waals surface area (Å²) in [6, 6.07) is 4.30. The lowest BCUT2D eigenvalue weighted by Gasteiger charge is -2.36. The largest absolute Gasteiger partial charge is 0.490 e. The van der Waals surface area contributed by atoms with E-state index in [0.29, 0.717) is 18.6 Å². The van der Waals surface area contributed by atoms with Gasteiger partial charge in [-0.1, -0.05) is 11.6 Å². The van der Waals surface area contributed by atoms with Crippen LogP contribution in [0, 0.1) is 5.82 Å². The van der Waals surface area contributed by atoms with Crippen LogP contribution >= 0.6 is 11.6 Å². The molecule has 0 bridgehead atoms. The normalized spacial score (nSPS) is 21.4. The quantitative estimate of drug-likeness (QED) is 0.920. The van der Waals surface area contributed by atoms with Crippen molar-refractivity contribution in [2.45, 2.75) is 51.4 Å². The number of rotatable bonds is 3. The number of benzene rings is 1. The van der Waals surface area contributed by atoms with Crippen LogP contribution in [0.5, 0.6) is 5.75 Å². The highest BCUT2D eigenvalue weighted by Crippen LogP contribution is 2.28. The molecule has 1 aromatic rings. The van der Waals surface area contributed by atoms with Gasteiger partial charge in [-0.25, -0.2) is 9.18 Å². The van der Waals surface area contributed by atoms with Gasteiger partial charge < -0.3 is 14.8 Å². The Kier molecular flexibility index (Phi) is 4.61. The maximum absolute atomic E-state index is 13.0.